The third-order valence-electron chi connectivity index (χ3n) is 2.72. The lowest BCUT2D eigenvalue weighted by atomic mass is 10.1. The largest absolute Gasteiger partial charge is 0.457 e. The van der Waals surface area contributed by atoms with E-state index < -0.39 is 24.1 Å². The van der Waals surface area contributed by atoms with E-state index in [9.17, 15) is 14.4 Å². The Morgan fingerprint density at radius 2 is 2.11 bits per heavy atom. The molecular weight excluding hydrogens is 252 g/mol. The van der Waals surface area contributed by atoms with Gasteiger partial charge in [0.2, 0.25) is 6.41 Å². The number of cyclic esters (lactones) is 1. The van der Waals surface area contributed by atoms with Gasteiger partial charge in [-0.3, -0.25) is 4.79 Å². The van der Waals surface area contributed by atoms with Crippen molar-refractivity contribution in [2.45, 2.75) is 19.1 Å². The second-order valence-electron chi connectivity index (χ2n) is 4.00. The summed E-state index contributed by atoms with van der Waals surface area (Å²) in [6, 6.07) is 3.38. The van der Waals surface area contributed by atoms with E-state index in [2.05, 4.69) is 5.32 Å². The Morgan fingerprint density at radius 1 is 1.37 bits per heavy atom. The number of ether oxygens (including phenoxy) is 2. The lowest BCUT2D eigenvalue weighted by Crippen LogP contribution is -2.46. The number of carbonyl (C=O) groups excluding carboxylic acids is 3. The molecule has 1 aliphatic heterocycles. The summed E-state index contributed by atoms with van der Waals surface area (Å²) >= 11 is 0. The van der Waals surface area contributed by atoms with Crippen molar-refractivity contribution in [1.82, 2.24) is 0 Å². The number of hydrogen-bond acceptors (Lipinski definition) is 6. The molecule has 1 amide bonds. The highest BCUT2D eigenvalue weighted by atomic mass is 16.6. The van der Waals surface area contributed by atoms with Crippen LogP contribution in [-0.4, -0.2) is 30.5 Å². The number of fused-ring (bicyclic) bond motifs is 1. The predicted molar refractivity (Wildman–Crippen MR) is 64.6 cm³/mol. The number of benzene rings is 1. The lowest BCUT2D eigenvalue weighted by Gasteiger charge is -2.24. The highest BCUT2D eigenvalue weighted by Crippen LogP contribution is 2.31. The fourth-order valence-corrected chi connectivity index (χ4v) is 1.65. The Labute approximate surface area is 108 Å². The van der Waals surface area contributed by atoms with Gasteiger partial charge < -0.3 is 20.5 Å². The van der Waals surface area contributed by atoms with Crippen molar-refractivity contribution < 1.29 is 23.9 Å². The fourth-order valence-electron chi connectivity index (χ4n) is 1.65. The molecule has 0 bridgehead atoms. The average Bonchev–Trinajstić information content (AvgIpc) is 2.38. The van der Waals surface area contributed by atoms with Crippen molar-refractivity contribution in [3.05, 3.63) is 23.8 Å². The minimum Gasteiger partial charge on any atom is -0.457 e. The van der Waals surface area contributed by atoms with Gasteiger partial charge in [-0.05, 0) is 19.1 Å². The van der Waals surface area contributed by atoms with Gasteiger partial charge in [-0.15, -0.1) is 0 Å². The zero-order valence-corrected chi connectivity index (χ0v) is 10.1. The van der Waals surface area contributed by atoms with Crippen LogP contribution in [0.2, 0.25) is 0 Å². The van der Waals surface area contributed by atoms with E-state index in [1.165, 1.54) is 25.1 Å². The molecule has 0 aliphatic carbocycles. The highest BCUT2D eigenvalue weighted by molar-refractivity contribution is 5.98. The molecule has 1 heterocycles. The Hall–Kier alpha value is -2.41. The number of nitrogens with two attached hydrogens (primary N) is 1. The summed E-state index contributed by atoms with van der Waals surface area (Å²) in [6.45, 7) is 1.50. The Bertz CT molecular complexity index is 543. The van der Waals surface area contributed by atoms with Gasteiger partial charge in [-0.25, -0.2) is 9.59 Å². The van der Waals surface area contributed by atoms with E-state index in [0.29, 0.717) is 6.41 Å². The highest BCUT2D eigenvalue weighted by Gasteiger charge is 2.32. The molecule has 1 aromatic carbocycles. The maximum Gasteiger partial charge on any atom is 0.342 e. The van der Waals surface area contributed by atoms with Gasteiger partial charge in [0.1, 0.15) is 17.7 Å². The predicted octanol–water partition coefficient (Wildman–Crippen LogP) is 0.0465. The summed E-state index contributed by atoms with van der Waals surface area (Å²) in [5, 5.41) is 2.34. The Morgan fingerprint density at radius 3 is 2.79 bits per heavy atom. The topological polar surface area (TPSA) is 108 Å². The third-order valence-corrected chi connectivity index (χ3v) is 2.72. The molecule has 3 N–H and O–H groups in total. The first kappa shape index (κ1) is 13.0. The quantitative estimate of drug-likeness (QED) is 0.444. The van der Waals surface area contributed by atoms with Gasteiger partial charge in [0, 0.05) is 0 Å². The molecule has 100 valence electrons. The summed E-state index contributed by atoms with van der Waals surface area (Å²) in [6.07, 6.45) is -0.383. The molecular formula is C12H12N2O5. The molecule has 2 unspecified atom stereocenters. The first-order valence-corrected chi connectivity index (χ1v) is 5.56. The first-order valence-electron chi connectivity index (χ1n) is 5.56. The molecule has 2 atom stereocenters. The van der Waals surface area contributed by atoms with Crippen molar-refractivity contribution >= 4 is 24.0 Å². The molecule has 0 spiro atoms. The van der Waals surface area contributed by atoms with Gasteiger partial charge in [0.05, 0.1) is 5.69 Å². The van der Waals surface area contributed by atoms with E-state index in [1.807, 2.05) is 0 Å². The third kappa shape index (κ3) is 2.41. The van der Waals surface area contributed by atoms with Crippen molar-refractivity contribution in [3.8, 4) is 5.75 Å². The molecule has 0 saturated carbocycles. The maximum atomic E-state index is 11.9. The molecule has 0 aromatic heterocycles. The number of nitrogens with one attached hydrogen (secondary N) is 1. The van der Waals surface area contributed by atoms with Gasteiger partial charge in [-0.2, -0.15) is 0 Å². The van der Waals surface area contributed by atoms with Crippen LogP contribution in [0.1, 0.15) is 17.3 Å². The van der Waals surface area contributed by atoms with Crippen molar-refractivity contribution in [1.29, 1.82) is 0 Å². The summed E-state index contributed by atoms with van der Waals surface area (Å²) < 4.78 is 10.1. The Balaban J connectivity index is 2.52. The van der Waals surface area contributed by atoms with Crippen LogP contribution in [-0.2, 0) is 14.3 Å². The van der Waals surface area contributed by atoms with Crippen molar-refractivity contribution in [3.63, 3.8) is 0 Å². The summed E-state index contributed by atoms with van der Waals surface area (Å²) in [7, 11) is 0. The molecule has 7 heteroatoms. The molecule has 1 aliphatic rings. The number of para-hydroxylation sites is 1. The van der Waals surface area contributed by atoms with Crippen LogP contribution < -0.4 is 15.8 Å². The van der Waals surface area contributed by atoms with Crippen molar-refractivity contribution in [2.75, 3.05) is 5.32 Å². The number of anilines is 1. The smallest absolute Gasteiger partial charge is 0.342 e. The van der Waals surface area contributed by atoms with E-state index >= 15 is 0 Å². The van der Waals surface area contributed by atoms with Crippen LogP contribution in [0.3, 0.4) is 0 Å². The van der Waals surface area contributed by atoms with Crippen LogP contribution in [0.25, 0.3) is 0 Å². The summed E-state index contributed by atoms with van der Waals surface area (Å²) in [4.78, 5) is 34.1. The zero-order chi connectivity index (χ0) is 14.0. The minimum atomic E-state index is -1.08. The number of hydrogen-bond donors (Lipinski definition) is 2. The molecule has 0 fully saturated rings. The second-order valence-corrected chi connectivity index (χ2v) is 4.00. The minimum absolute atomic E-state index is 0.0546. The van der Waals surface area contributed by atoms with E-state index in [4.69, 9.17) is 15.2 Å². The molecule has 19 heavy (non-hydrogen) atoms. The van der Waals surface area contributed by atoms with Crippen LogP contribution in [0.15, 0.2) is 18.2 Å². The summed E-state index contributed by atoms with van der Waals surface area (Å²) in [5.41, 5.74) is 5.84. The van der Waals surface area contributed by atoms with Gasteiger partial charge >= 0.3 is 11.9 Å². The second kappa shape index (κ2) is 5.07. The normalized spacial score (nSPS) is 22.4. The average molecular weight is 264 g/mol. The number of carbonyl (C=O) groups is 3. The molecule has 7 nitrogen and oxygen atoms in total. The monoisotopic (exact) mass is 264 g/mol. The van der Waals surface area contributed by atoms with Crippen LogP contribution in [0.5, 0.6) is 5.75 Å². The standard InChI is InChI=1S/C12H12N2O5/c1-6-9(13)12(17)19-10-7(11(16)18-6)3-2-4-8(10)14-5-15/h2-6,9H,13H2,1H3,(H,14,15). The number of amides is 1. The van der Waals surface area contributed by atoms with Crippen LogP contribution in [0.4, 0.5) is 5.69 Å². The molecule has 0 radical (unpaired) electrons. The maximum absolute atomic E-state index is 11.9. The SMILES string of the molecule is CC1OC(=O)c2cccc(NC=O)c2OC(=O)C1N. The van der Waals surface area contributed by atoms with Crippen LogP contribution in [0, 0.1) is 0 Å². The fraction of sp³-hybridized carbons (Fsp3) is 0.250. The number of esters is 2. The summed E-state index contributed by atoms with van der Waals surface area (Å²) in [5.74, 6) is -1.46. The molecule has 2 rings (SSSR count). The van der Waals surface area contributed by atoms with E-state index in [0.717, 1.165) is 0 Å². The molecule has 0 saturated heterocycles. The van der Waals surface area contributed by atoms with Crippen LogP contribution >= 0.6 is 0 Å². The van der Waals surface area contributed by atoms with Gasteiger partial charge in [0.15, 0.2) is 5.75 Å². The molecule has 1 aromatic rings. The van der Waals surface area contributed by atoms with Crippen molar-refractivity contribution in [2.24, 2.45) is 5.73 Å². The first-order chi connectivity index (χ1) is 9.04. The van der Waals surface area contributed by atoms with Gasteiger partial charge in [-0.1, -0.05) is 6.07 Å². The van der Waals surface area contributed by atoms with E-state index in [1.54, 1.807) is 0 Å². The van der Waals surface area contributed by atoms with Gasteiger partial charge in [0.25, 0.3) is 0 Å². The zero-order valence-electron chi connectivity index (χ0n) is 10.1. The number of rotatable bonds is 2. The van der Waals surface area contributed by atoms with E-state index in [-0.39, 0.29) is 17.0 Å². The Kier molecular flexibility index (Phi) is 3.48. The lowest BCUT2D eigenvalue weighted by molar-refractivity contribution is -0.138.